The summed E-state index contributed by atoms with van der Waals surface area (Å²) in [5.41, 5.74) is 2.21. The number of rotatable bonds is 4. The summed E-state index contributed by atoms with van der Waals surface area (Å²) in [5.74, 6) is 0.677. The van der Waals surface area contributed by atoms with E-state index in [2.05, 4.69) is 4.72 Å². The van der Waals surface area contributed by atoms with Gasteiger partial charge in [0.05, 0.1) is 7.11 Å². The van der Waals surface area contributed by atoms with E-state index in [0.717, 1.165) is 5.69 Å². The Morgan fingerprint density at radius 3 is 2.33 bits per heavy atom. The Hall–Kier alpha value is -2.08. The first-order chi connectivity index (χ1) is 9.83. The number of aromatic nitrogens is 1. The largest absolute Gasteiger partial charge is 0.497 e. The highest BCUT2D eigenvalue weighted by molar-refractivity contribution is 7.92. The van der Waals surface area contributed by atoms with Gasteiger partial charge in [0.2, 0.25) is 0 Å². The van der Waals surface area contributed by atoms with Crippen LogP contribution < -0.4 is 14.0 Å². The van der Waals surface area contributed by atoms with Gasteiger partial charge in [-0.05, 0) is 36.8 Å². The fourth-order valence-corrected chi connectivity index (χ4v) is 3.35. The predicted molar refractivity (Wildman–Crippen MR) is 80.9 cm³/mol. The smallest absolute Gasteiger partial charge is 0.268 e. The van der Waals surface area contributed by atoms with Crippen molar-refractivity contribution in [3.8, 4) is 5.75 Å². The van der Waals surface area contributed by atoms with E-state index < -0.39 is 10.0 Å². The average molecular weight is 307 g/mol. The van der Waals surface area contributed by atoms with Crippen molar-refractivity contribution in [1.82, 2.24) is 0 Å². The monoisotopic (exact) mass is 307 g/mol. The van der Waals surface area contributed by atoms with Crippen molar-refractivity contribution >= 4 is 15.7 Å². The minimum atomic E-state index is -3.61. The van der Waals surface area contributed by atoms with Crippen molar-refractivity contribution in [2.75, 3.05) is 11.8 Å². The van der Waals surface area contributed by atoms with Gasteiger partial charge in [0.25, 0.3) is 10.0 Å². The molecular weight excluding hydrogens is 288 g/mol. The summed E-state index contributed by atoms with van der Waals surface area (Å²) < 4.78 is 34.4. The quantitative estimate of drug-likeness (QED) is 0.878. The molecule has 0 aliphatic heterocycles. The molecule has 1 aromatic heterocycles. The van der Waals surface area contributed by atoms with Gasteiger partial charge in [-0.2, -0.15) is 0 Å². The molecule has 1 heterocycles. The lowest BCUT2D eigenvalue weighted by molar-refractivity contribution is -0.679. The third-order valence-corrected chi connectivity index (χ3v) is 4.82. The molecule has 0 saturated heterocycles. The average Bonchev–Trinajstić information content (AvgIpc) is 2.43. The van der Waals surface area contributed by atoms with Crippen LogP contribution in [0.4, 0.5) is 5.69 Å². The SMILES string of the molecule is COc1ccc(NS(=O)(=O)c2c[n+](C)c(C)cc2C)cc1. The molecule has 0 aliphatic carbocycles. The zero-order valence-electron chi connectivity index (χ0n) is 12.5. The fourth-order valence-electron chi connectivity index (χ4n) is 2.02. The molecule has 2 aromatic rings. The molecule has 6 heteroatoms. The number of hydrogen-bond acceptors (Lipinski definition) is 3. The minimum Gasteiger partial charge on any atom is -0.497 e. The second-order valence-electron chi connectivity index (χ2n) is 4.91. The van der Waals surface area contributed by atoms with Gasteiger partial charge in [0, 0.05) is 18.7 Å². The van der Waals surface area contributed by atoms with Crippen molar-refractivity contribution in [1.29, 1.82) is 0 Å². The number of benzene rings is 1. The molecule has 5 nitrogen and oxygen atoms in total. The standard InChI is InChI=1S/C15H19N2O3S/c1-11-9-12(2)17(3)10-15(11)21(18,19)16-13-5-7-14(20-4)8-6-13/h5-10,16H,1-4H3/q+1. The summed E-state index contributed by atoms with van der Waals surface area (Å²) in [6.07, 6.45) is 1.62. The van der Waals surface area contributed by atoms with E-state index in [9.17, 15) is 8.42 Å². The molecule has 1 N–H and O–H groups in total. The third kappa shape index (κ3) is 3.33. The van der Waals surface area contributed by atoms with Crippen LogP contribution >= 0.6 is 0 Å². The molecule has 0 atom stereocenters. The molecule has 21 heavy (non-hydrogen) atoms. The van der Waals surface area contributed by atoms with Crippen LogP contribution in [0.5, 0.6) is 5.75 Å². The Bertz CT molecular complexity index is 753. The van der Waals surface area contributed by atoms with E-state index >= 15 is 0 Å². The fraction of sp³-hybridized carbons (Fsp3) is 0.267. The second-order valence-corrected chi connectivity index (χ2v) is 6.56. The topological polar surface area (TPSA) is 59.3 Å². The van der Waals surface area contributed by atoms with Gasteiger partial charge in [0.15, 0.2) is 16.8 Å². The van der Waals surface area contributed by atoms with Gasteiger partial charge in [-0.1, -0.05) is 0 Å². The molecule has 0 aliphatic rings. The van der Waals surface area contributed by atoms with Crippen LogP contribution in [0, 0.1) is 13.8 Å². The molecular formula is C15H19N2O3S+. The lowest BCUT2D eigenvalue weighted by Crippen LogP contribution is -2.33. The van der Waals surface area contributed by atoms with Crippen LogP contribution in [-0.4, -0.2) is 15.5 Å². The molecule has 0 bridgehead atoms. The number of nitrogens with one attached hydrogen (secondary N) is 1. The van der Waals surface area contributed by atoms with E-state index in [1.54, 1.807) is 49.1 Å². The number of aryl methyl sites for hydroxylation is 3. The van der Waals surface area contributed by atoms with Gasteiger partial charge in [-0.3, -0.25) is 4.72 Å². The van der Waals surface area contributed by atoms with Crippen LogP contribution in [-0.2, 0) is 17.1 Å². The highest BCUT2D eigenvalue weighted by atomic mass is 32.2. The summed E-state index contributed by atoms with van der Waals surface area (Å²) in [6, 6.07) is 8.60. The molecule has 2 rings (SSSR count). The molecule has 0 radical (unpaired) electrons. The van der Waals surface area contributed by atoms with Crippen LogP contribution in [0.15, 0.2) is 41.4 Å². The number of nitrogens with zero attached hydrogens (tertiary/aromatic N) is 1. The van der Waals surface area contributed by atoms with Crippen molar-refractivity contribution in [3.05, 3.63) is 47.8 Å². The highest BCUT2D eigenvalue weighted by Crippen LogP contribution is 2.20. The number of methoxy groups -OCH3 is 1. The van der Waals surface area contributed by atoms with Crippen LogP contribution in [0.25, 0.3) is 0 Å². The summed E-state index contributed by atoms with van der Waals surface area (Å²) in [5, 5.41) is 0. The van der Waals surface area contributed by atoms with E-state index in [4.69, 9.17) is 4.74 Å². The van der Waals surface area contributed by atoms with Gasteiger partial charge in [-0.15, -0.1) is 0 Å². The van der Waals surface area contributed by atoms with Gasteiger partial charge in [-0.25, -0.2) is 13.0 Å². The van der Waals surface area contributed by atoms with Crippen molar-refractivity contribution in [2.45, 2.75) is 18.7 Å². The highest BCUT2D eigenvalue weighted by Gasteiger charge is 2.21. The Balaban J connectivity index is 2.35. The summed E-state index contributed by atoms with van der Waals surface area (Å²) in [7, 11) is -0.230. The van der Waals surface area contributed by atoms with Crippen LogP contribution in [0.2, 0.25) is 0 Å². The first-order valence-corrected chi connectivity index (χ1v) is 7.95. The van der Waals surface area contributed by atoms with E-state index in [0.29, 0.717) is 17.0 Å². The maximum Gasteiger partial charge on any atom is 0.268 e. The number of anilines is 1. The Morgan fingerprint density at radius 2 is 1.76 bits per heavy atom. The van der Waals surface area contributed by atoms with Gasteiger partial charge >= 0.3 is 0 Å². The molecule has 0 fully saturated rings. The number of pyridine rings is 1. The van der Waals surface area contributed by atoms with Crippen molar-refractivity contribution in [2.24, 2.45) is 7.05 Å². The lowest BCUT2D eigenvalue weighted by Gasteiger charge is -2.10. The lowest BCUT2D eigenvalue weighted by atomic mass is 10.2. The molecule has 0 spiro atoms. The summed E-state index contributed by atoms with van der Waals surface area (Å²) in [4.78, 5) is 0.270. The number of hydrogen-bond donors (Lipinski definition) is 1. The zero-order chi connectivity index (χ0) is 15.6. The molecule has 112 valence electrons. The van der Waals surface area contributed by atoms with Crippen molar-refractivity contribution in [3.63, 3.8) is 0 Å². The molecule has 0 unspecified atom stereocenters. The first-order valence-electron chi connectivity index (χ1n) is 6.47. The molecule has 0 saturated carbocycles. The van der Waals surface area contributed by atoms with E-state index in [-0.39, 0.29) is 4.90 Å². The zero-order valence-corrected chi connectivity index (χ0v) is 13.4. The molecule has 0 amide bonds. The van der Waals surface area contributed by atoms with E-state index in [1.807, 2.05) is 20.0 Å². The van der Waals surface area contributed by atoms with Gasteiger partial charge < -0.3 is 4.74 Å². The Morgan fingerprint density at radius 1 is 1.14 bits per heavy atom. The predicted octanol–water partition coefficient (Wildman–Crippen LogP) is 1.94. The van der Waals surface area contributed by atoms with Gasteiger partial charge in [0.1, 0.15) is 12.8 Å². The molecule has 1 aromatic carbocycles. The van der Waals surface area contributed by atoms with E-state index in [1.165, 1.54) is 0 Å². The van der Waals surface area contributed by atoms with Crippen LogP contribution in [0.3, 0.4) is 0 Å². The maximum atomic E-state index is 12.5. The van der Waals surface area contributed by atoms with Crippen LogP contribution in [0.1, 0.15) is 11.3 Å². The summed E-state index contributed by atoms with van der Waals surface area (Å²) >= 11 is 0. The Kier molecular flexibility index (Phi) is 4.18. The third-order valence-electron chi connectivity index (χ3n) is 3.31. The maximum absolute atomic E-state index is 12.5. The second kappa shape index (κ2) is 5.73. The first kappa shape index (κ1) is 15.3. The summed E-state index contributed by atoms with van der Waals surface area (Å²) in [6.45, 7) is 3.72. The van der Waals surface area contributed by atoms with Crippen molar-refractivity contribution < 1.29 is 17.7 Å². The minimum absolute atomic E-state index is 0.270. The Labute approximate surface area is 125 Å². The normalized spacial score (nSPS) is 11.2. The number of ether oxygens (including phenoxy) is 1. The number of sulfonamides is 1.